The van der Waals surface area contributed by atoms with E-state index in [2.05, 4.69) is 44.8 Å². The minimum Gasteiger partial charge on any atom is -0.357 e. The highest BCUT2D eigenvalue weighted by Crippen LogP contribution is 2.18. The van der Waals surface area contributed by atoms with E-state index in [9.17, 15) is 8.42 Å². The van der Waals surface area contributed by atoms with Gasteiger partial charge in [0, 0.05) is 32.2 Å². The van der Waals surface area contributed by atoms with Gasteiger partial charge in [-0.2, -0.15) is 0 Å². The smallest absolute Gasteiger partial charge is 0.191 e. The maximum atomic E-state index is 11.6. The second kappa shape index (κ2) is 8.19. The average molecular weight is 365 g/mol. The monoisotopic (exact) mass is 364 g/mol. The minimum absolute atomic E-state index is 0.0235. The van der Waals surface area contributed by atoms with E-state index in [-0.39, 0.29) is 17.5 Å². The van der Waals surface area contributed by atoms with Crippen LogP contribution in [0.5, 0.6) is 0 Å². The second-order valence-corrected chi connectivity index (χ2v) is 9.03. The third kappa shape index (κ3) is 5.19. The molecule has 2 N–H and O–H groups in total. The maximum Gasteiger partial charge on any atom is 0.191 e. The summed E-state index contributed by atoms with van der Waals surface area (Å²) < 4.78 is 23.2. The lowest BCUT2D eigenvalue weighted by Crippen LogP contribution is -2.44. The van der Waals surface area contributed by atoms with Gasteiger partial charge in [0.2, 0.25) is 0 Å². The SMILES string of the molecule is CCNC(=NCCN1CCc2ccccc2C1)NC1CCS(=O)(=O)C1. The molecule has 3 rings (SSSR count). The highest BCUT2D eigenvalue weighted by Gasteiger charge is 2.28. The van der Waals surface area contributed by atoms with Crippen LogP contribution < -0.4 is 10.6 Å². The van der Waals surface area contributed by atoms with Gasteiger partial charge in [0.15, 0.2) is 15.8 Å². The summed E-state index contributed by atoms with van der Waals surface area (Å²) in [5, 5.41) is 6.48. The van der Waals surface area contributed by atoms with Crippen molar-refractivity contribution in [2.24, 2.45) is 4.99 Å². The van der Waals surface area contributed by atoms with E-state index in [1.165, 1.54) is 11.1 Å². The van der Waals surface area contributed by atoms with Crippen LogP contribution in [0.15, 0.2) is 29.3 Å². The third-order valence-corrected chi connectivity index (χ3v) is 6.58. The summed E-state index contributed by atoms with van der Waals surface area (Å²) in [7, 11) is -2.88. The van der Waals surface area contributed by atoms with Crippen LogP contribution in [-0.2, 0) is 22.8 Å². The van der Waals surface area contributed by atoms with Crippen LogP contribution in [0.1, 0.15) is 24.5 Å². The molecule has 7 heteroatoms. The molecule has 0 aromatic heterocycles. The van der Waals surface area contributed by atoms with Gasteiger partial charge in [-0.1, -0.05) is 24.3 Å². The van der Waals surface area contributed by atoms with Crippen LogP contribution in [0.3, 0.4) is 0 Å². The van der Waals surface area contributed by atoms with E-state index in [4.69, 9.17) is 0 Å². The largest absolute Gasteiger partial charge is 0.357 e. The lowest BCUT2D eigenvalue weighted by molar-refractivity contribution is 0.261. The lowest BCUT2D eigenvalue weighted by Gasteiger charge is -2.28. The summed E-state index contributed by atoms with van der Waals surface area (Å²) in [5.74, 6) is 1.21. The molecule has 0 saturated carbocycles. The van der Waals surface area contributed by atoms with Crippen molar-refractivity contribution < 1.29 is 8.42 Å². The van der Waals surface area contributed by atoms with Gasteiger partial charge in [0.25, 0.3) is 0 Å². The Labute approximate surface area is 150 Å². The second-order valence-electron chi connectivity index (χ2n) is 6.80. The van der Waals surface area contributed by atoms with E-state index in [0.29, 0.717) is 13.0 Å². The fourth-order valence-corrected chi connectivity index (χ4v) is 5.14. The van der Waals surface area contributed by atoms with Crippen molar-refractivity contribution in [3.8, 4) is 0 Å². The van der Waals surface area contributed by atoms with Crippen molar-refractivity contribution >= 4 is 15.8 Å². The molecule has 1 fully saturated rings. The van der Waals surface area contributed by atoms with Crippen LogP contribution in [0.2, 0.25) is 0 Å². The maximum absolute atomic E-state index is 11.6. The molecule has 6 nitrogen and oxygen atoms in total. The molecular weight excluding hydrogens is 336 g/mol. The molecule has 0 radical (unpaired) electrons. The number of nitrogens with zero attached hydrogens (tertiary/aromatic N) is 2. The molecule has 1 aromatic carbocycles. The Kier molecular flexibility index (Phi) is 5.96. The Bertz CT molecular complexity index is 718. The Morgan fingerprint density at radius 3 is 2.84 bits per heavy atom. The van der Waals surface area contributed by atoms with Crippen molar-refractivity contribution in [2.75, 3.05) is 37.7 Å². The molecule has 138 valence electrons. The number of aliphatic imine (C=N–C) groups is 1. The Morgan fingerprint density at radius 2 is 2.12 bits per heavy atom. The molecular formula is C18H28N4O2S. The van der Waals surface area contributed by atoms with E-state index in [1.807, 2.05) is 6.92 Å². The normalized spacial score (nSPS) is 23.2. The molecule has 0 bridgehead atoms. The first-order valence-electron chi connectivity index (χ1n) is 9.10. The van der Waals surface area contributed by atoms with Crippen molar-refractivity contribution in [1.82, 2.24) is 15.5 Å². The van der Waals surface area contributed by atoms with Crippen molar-refractivity contribution in [2.45, 2.75) is 32.4 Å². The first-order chi connectivity index (χ1) is 12.1. The van der Waals surface area contributed by atoms with Gasteiger partial charge in [0.05, 0.1) is 18.1 Å². The van der Waals surface area contributed by atoms with Gasteiger partial charge in [-0.15, -0.1) is 0 Å². The molecule has 2 heterocycles. The zero-order chi connectivity index (χ0) is 17.7. The molecule has 1 aromatic rings. The highest BCUT2D eigenvalue weighted by atomic mass is 32.2. The molecule has 2 aliphatic heterocycles. The lowest BCUT2D eigenvalue weighted by atomic mass is 10.0. The average Bonchev–Trinajstić information content (AvgIpc) is 2.93. The van der Waals surface area contributed by atoms with Gasteiger partial charge in [-0.3, -0.25) is 9.89 Å². The molecule has 1 atom stereocenters. The zero-order valence-corrected chi connectivity index (χ0v) is 15.7. The summed E-state index contributed by atoms with van der Waals surface area (Å²) >= 11 is 0. The van der Waals surface area contributed by atoms with Gasteiger partial charge in [0.1, 0.15) is 0 Å². The van der Waals surface area contributed by atoms with Gasteiger partial charge in [-0.05, 0) is 30.9 Å². The molecule has 0 aliphatic carbocycles. The molecule has 0 spiro atoms. The number of fused-ring (bicyclic) bond motifs is 1. The highest BCUT2D eigenvalue weighted by molar-refractivity contribution is 7.91. The first kappa shape index (κ1) is 18.2. The van der Waals surface area contributed by atoms with Crippen LogP contribution in [0, 0.1) is 0 Å². The van der Waals surface area contributed by atoms with Crippen LogP contribution in [0.25, 0.3) is 0 Å². The predicted octanol–water partition coefficient (Wildman–Crippen LogP) is 0.787. The fourth-order valence-electron chi connectivity index (χ4n) is 3.47. The van der Waals surface area contributed by atoms with Crippen molar-refractivity contribution in [1.29, 1.82) is 0 Å². The van der Waals surface area contributed by atoms with Crippen LogP contribution >= 0.6 is 0 Å². The summed E-state index contributed by atoms with van der Waals surface area (Å²) in [6.07, 6.45) is 1.76. The number of hydrogen-bond donors (Lipinski definition) is 2. The van der Waals surface area contributed by atoms with E-state index < -0.39 is 9.84 Å². The topological polar surface area (TPSA) is 73.8 Å². The summed E-state index contributed by atoms with van der Waals surface area (Å²) in [5.41, 5.74) is 2.87. The summed E-state index contributed by atoms with van der Waals surface area (Å²) in [6, 6.07) is 8.61. The van der Waals surface area contributed by atoms with Crippen molar-refractivity contribution in [3.63, 3.8) is 0 Å². The Hall–Kier alpha value is -1.60. The van der Waals surface area contributed by atoms with Crippen molar-refractivity contribution in [3.05, 3.63) is 35.4 Å². The van der Waals surface area contributed by atoms with E-state index in [0.717, 1.165) is 38.6 Å². The molecule has 1 saturated heterocycles. The molecule has 25 heavy (non-hydrogen) atoms. The Balaban J connectivity index is 1.50. The zero-order valence-electron chi connectivity index (χ0n) is 14.9. The number of benzene rings is 1. The summed E-state index contributed by atoms with van der Waals surface area (Å²) in [4.78, 5) is 7.06. The number of guanidine groups is 1. The van der Waals surface area contributed by atoms with Crippen LogP contribution in [0.4, 0.5) is 0 Å². The number of sulfone groups is 1. The van der Waals surface area contributed by atoms with E-state index >= 15 is 0 Å². The minimum atomic E-state index is -2.88. The standard InChI is InChI=1S/C18H28N4O2S/c1-2-19-18(21-17-8-12-25(23,24)14-17)20-9-11-22-10-7-15-5-3-4-6-16(15)13-22/h3-6,17H,2,7-14H2,1H3,(H2,19,20,21). The predicted molar refractivity (Wildman–Crippen MR) is 102 cm³/mol. The Morgan fingerprint density at radius 1 is 1.32 bits per heavy atom. The van der Waals surface area contributed by atoms with Crippen LogP contribution in [-0.4, -0.2) is 63.0 Å². The molecule has 1 unspecified atom stereocenters. The first-order valence-corrected chi connectivity index (χ1v) is 10.9. The van der Waals surface area contributed by atoms with E-state index in [1.54, 1.807) is 0 Å². The third-order valence-electron chi connectivity index (χ3n) is 4.81. The van der Waals surface area contributed by atoms with Gasteiger partial charge < -0.3 is 10.6 Å². The van der Waals surface area contributed by atoms with Gasteiger partial charge in [-0.25, -0.2) is 8.42 Å². The fraction of sp³-hybridized carbons (Fsp3) is 0.611. The quantitative estimate of drug-likeness (QED) is 0.597. The molecule has 2 aliphatic rings. The number of rotatable bonds is 5. The van der Waals surface area contributed by atoms with Gasteiger partial charge >= 0.3 is 0 Å². The number of hydrogen-bond acceptors (Lipinski definition) is 4. The molecule has 0 amide bonds. The number of nitrogens with one attached hydrogen (secondary N) is 2. The summed E-state index contributed by atoms with van der Waals surface area (Å²) in [6.45, 7) is 6.45.